The van der Waals surface area contributed by atoms with Crippen molar-refractivity contribution in [3.8, 4) is 6.07 Å². The van der Waals surface area contributed by atoms with Gasteiger partial charge in [-0.3, -0.25) is 4.79 Å². The molecule has 0 radical (unpaired) electrons. The molecule has 6 nitrogen and oxygen atoms in total. The molecule has 84 valence electrons. The van der Waals surface area contributed by atoms with E-state index in [0.717, 1.165) is 0 Å². The maximum atomic E-state index is 11.8. The van der Waals surface area contributed by atoms with E-state index < -0.39 is 0 Å². The van der Waals surface area contributed by atoms with Crippen LogP contribution < -0.4 is 0 Å². The van der Waals surface area contributed by atoms with Crippen LogP contribution in [0.4, 0.5) is 0 Å². The van der Waals surface area contributed by atoms with Crippen LogP contribution in [0, 0.1) is 11.3 Å². The van der Waals surface area contributed by atoms with Crippen LogP contribution in [-0.4, -0.2) is 46.7 Å². The lowest BCUT2D eigenvalue weighted by atomic mass is 10.4. The number of nitrogens with zero attached hydrogens (tertiary/aromatic N) is 4. The summed E-state index contributed by atoms with van der Waals surface area (Å²) >= 11 is 0. The van der Waals surface area contributed by atoms with Gasteiger partial charge in [-0.1, -0.05) is 0 Å². The maximum absolute atomic E-state index is 11.8. The SMILES string of the molecule is N#Cc1nccn1CC(=O)N1CCOCC1. The Morgan fingerprint density at radius 3 is 3.00 bits per heavy atom. The molecule has 0 atom stereocenters. The van der Waals surface area contributed by atoms with E-state index in [1.807, 2.05) is 6.07 Å². The van der Waals surface area contributed by atoms with Crippen LogP contribution >= 0.6 is 0 Å². The van der Waals surface area contributed by atoms with Crippen LogP contribution in [0.1, 0.15) is 5.82 Å². The lowest BCUT2D eigenvalue weighted by molar-refractivity contribution is -0.135. The zero-order chi connectivity index (χ0) is 11.4. The molecule has 1 aromatic heterocycles. The Hall–Kier alpha value is -1.87. The first-order valence-corrected chi connectivity index (χ1v) is 5.08. The highest BCUT2D eigenvalue weighted by molar-refractivity contribution is 5.76. The molecule has 2 rings (SSSR count). The predicted molar refractivity (Wildman–Crippen MR) is 54.3 cm³/mol. The van der Waals surface area contributed by atoms with E-state index in [9.17, 15) is 4.79 Å². The van der Waals surface area contributed by atoms with Crippen LogP contribution in [0.3, 0.4) is 0 Å². The van der Waals surface area contributed by atoms with Crippen molar-refractivity contribution in [2.45, 2.75) is 6.54 Å². The third-order valence-corrected chi connectivity index (χ3v) is 2.48. The Kier molecular flexibility index (Phi) is 3.17. The maximum Gasteiger partial charge on any atom is 0.242 e. The zero-order valence-electron chi connectivity index (χ0n) is 8.80. The van der Waals surface area contributed by atoms with Crippen molar-refractivity contribution in [3.63, 3.8) is 0 Å². The molecule has 1 aliphatic heterocycles. The van der Waals surface area contributed by atoms with Crippen molar-refractivity contribution in [2.24, 2.45) is 0 Å². The van der Waals surface area contributed by atoms with Gasteiger partial charge in [0, 0.05) is 25.5 Å². The summed E-state index contributed by atoms with van der Waals surface area (Å²) in [5.74, 6) is 0.263. The van der Waals surface area contributed by atoms with Gasteiger partial charge in [0.2, 0.25) is 11.7 Å². The zero-order valence-corrected chi connectivity index (χ0v) is 8.80. The second kappa shape index (κ2) is 4.77. The number of morpholine rings is 1. The average molecular weight is 220 g/mol. The summed E-state index contributed by atoms with van der Waals surface area (Å²) in [6, 6.07) is 1.94. The van der Waals surface area contributed by atoms with Crippen molar-refractivity contribution in [2.75, 3.05) is 26.3 Å². The van der Waals surface area contributed by atoms with Crippen LogP contribution in [-0.2, 0) is 16.1 Å². The molecule has 1 saturated heterocycles. The quantitative estimate of drug-likeness (QED) is 0.680. The number of rotatable bonds is 2. The Balaban J connectivity index is 1.99. The molecule has 0 N–H and O–H groups in total. The molecule has 0 saturated carbocycles. The van der Waals surface area contributed by atoms with Crippen molar-refractivity contribution in [1.29, 1.82) is 5.26 Å². The Morgan fingerprint density at radius 1 is 1.56 bits per heavy atom. The van der Waals surface area contributed by atoms with Gasteiger partial charge in [-0.15, -0.1) is 0 Å². The number of carbonyl (C=O) groups is 1. The summed E-state index contributed by atoms with van der Waals surface area (Å²) < 4.78 is 6.72. The van der Waals surface area contributed by atoms with E-state index in [2.05, 4.69) is 4.98 Å². The number of hydrogen-bond acceptors (Lipinski definition) is 4. The summed E-state index contributed by atoms with van der Waals surface area (Å²) in [7, 11) is 0. The van der Waals surface area contributed by atoms with Crippen molar-refractivity contribution in [3.05, 3.63) is 18.2 Å². The monoisotopic (exact) mass is 220 g/mol. The molecule has 1 amide bonds. The second-order valence-corrected chi connectivity index (χ2v) is 3.48. The number of aromatic nitrogens is 2. The van der Waals surface area contributed by atoms with Gasteiger partial charge in [-0.05, 0) is 0 Å². The first-order chi connectivity index (χ1) is 7.81. The average Bonchev–Trinajstić information content (AvgIpc) is 2.77. The van der Waals surface area contributed by atoms with Gasteiger partial charge >= 0.3 is 0 Å². The number of carbonyl (C=O) groups excluding carboxylic acids is 1. The van der Waals surface area contributed by atoms with E-state index in [-0.39, 0.29) is 18.3 Å². The van der Waals surface area contributed by atoms with Gasteiger partial charge in [0.25, 0.3) is 0 Å². The van der Waals surface area contributed by atoms with Crippen LogP contribution in [0.5, 0.6) is 0 Å². The van der Waals surface area contributed by atoms with Crippen molar-refractivity contribution in [1.82, 2.24) is 14.5 Å². The fraction of sp³-hybridized carbons (Fsp3) is 0.500. The largest absolute Gasteiger partial charge is 0.378 e. The molecule has 1 aliphatic rings. The molecular weight excluding hydrogens is 208 g/mol. The van der Waals surface area contributed by atoms with E-state index in [0.29, 0.717) is 26.3 Å². The molecule has 0 spiro atoms. The minimum atomic E-state index is -0.00204. The van der Waals surface area contributed by atoms with Crippen LogP contribution in [0.15, 0.2) is 12.4 Å². The number of amides is 1. The molecule has 6 heteroatoms. The number of imidazole rings is 1. The van der Waals surface area contributed by atoms with Crippen LogP contribution in [0.2, 0.25) is 0 Å². The standard InChI is InChI=1S/C10H12N4O2/c11-7-9-12-1-2-14(9)8-10(15)13-3-5-16-6-4-13/h1-2H,3-6,8H2. The molecule has 0 unspecified atom stereocenters. The Labute approximate surface area is 93.0 Å². The molecule has 0 bridgehead atoms. The molecular formula is C10H12N4O2. The lowest BCUT2D eigenvalue weighted by Crippen LogP contribution is -2.42. The van der Waals surface area contributed by atoms with E-state index in [4.69, 9.17) is 10.00 Å². The van der Waals surface area contributed by atoms with Crippen LogP contribution in [0.25, 0.3) is 0 Å². The number of nitriles is 1. The summed E-state index contributed by atoms with van der Waals surface area (Å²) in [6.07, 6.45) is 3.15. The van der Waals surface area contributed by atoms with Gasteiger partial charge in [-0.2, -0.15) is 5.26 Å². The van der Waals surface area contributed by atoms with E-state index >= 15 is 0 Å². The molecule has 0 aromatic carbocycles. The summed E-state index contributed by atoms with van der Waals surface area (Å²) in [4.78, 5) is 17.4. The number of ether oxygens (including phenoxy) is 1. The summed E-state index contributed by atoms with van der Waals surface area (Å²) in [5, 5.41) is 8.75. The fourth-order valence-corrected chi connectivity index (χ4v) is 1.61. The summed E-state index contributed by atoms with van der Waals surface area (Å²) in [5.41, 5.74) is 0. The van der Waals surface area contributed by atoms with Gasteiger partial charge in [0.15, 0.2) is 0 Å². The predicted octanol–water partition coefficient (Wildman–Crippen LogP) is -0.386. The third kappa shape index (κ3) is 2.20. The van der Waals surface area contributed by atoms with E-state index in [1.54, 1.807) is 15.7 Å². The highest BCUT2D eigenvalue weighted by Crippen LogP contribution is 2.01. The van der Waals surface area contributed by atoms with Gasteiger partial charge in [0.1, 0.15) is 12.6 Å². The Morgan fingerprint density at radius 2 is 2.31 bits per heavy atom. The van der Waals surface area contributed by atoms with Gasteiger partial charge in [0.05, 0.1) is 13.2 Å². The lowest BCUT2D eigenvalue weighted by Gasteiger charge is -2.26. The third-order valence-electron chi connectivity index (χ3n) is 2.48. The molecule has 1 aromatic rings. The molecule has 1 fully saturated rings. The van der Waals surface area contributed by atoms with Gasteiger partial charge in [-0.25, -0.2) is 4.98 Å². The Bertz CT molecular complexity index is 415. The smallest absolute Gasteiger partial charge is 0.242 e. The van der Waals surface area contributed by atoms with Gasteiger partial charge < -0.3 is 14.2 Å². The van der Waals surface area contributed by atoms with Crippen molar-refractivity contribution >= 4 is 5.91 Å². The summed E-state index contributed by atoms with van der Waals surface area (Å²) in [6.45, 7) is 2.58. The first kappa shape index (κ1) is 10.6. The highest BCUT2D eigenvalue weighted by Gasteiger charge is 2.17. The van der Waals surface area contributed by atoms with Crippen molar-refractivity contribution < 1.29 is 9.53 Å². The van der Waals surface area contributed by atoms with E-state index in [1.165, 1.54) is 6.20 Å². The minimum absolute atomic E-state index is 0.00204. The first-order valence-electron chi connectivity index (χ1n) is 5.08. The fourth-order valence-electron chi connectivity index (χ4n) is 1.61. The molecule has 2 heterocycles. The molecule has 0 aliphatic carbocycles. The molecule has 16 heavy (non-hydrogen) atoms. The second-order valence-electron chi connectivity index (χ2n) is 3.48. The number of hydrogen-bond donors (Lipinski definition) is 0. The highest BCUT2D eigenvalue weighted by atomic mass is 16.5. The topological polar surface area (TPSA) is 71.2 Å². The minimum Gasteiger partial charge on any atom is -0.378 e. The normalized spacial score (nSPS) is 15.8.